The van der Waals surface area contributed by atoms with Crippen molar-refractivity contribution in [3.63, 3.8) is 0 Å². The van der Waals surface area contributed by atoms with Crippen molar-refractivity contribution in [2.45, 2.75) is 25.2 Å². The lowest BCUT2D eigenvalue weighted by atomic mass is 9.94. The molecule has 1 fully saturated rings. The second-order valence-corrected chi connectivity index (χ2v) is 12.6. The number of halogens is 1. The van der Waals surface area contributed by atoms with Gasteiger partial charge in [0.2, 0.25) is 15.2 Å². The van der Waals surface area contributed by atoms with E-state index in [4.69, 9.17) is 4.42 Å². The van der Waals surface area contributed by atoms with Gasteiger partial charge in [0.15, 0.2) is 5.76 Å². The lowest BCUT2D eigenvalue weighted by Gasteiger charge is -2.34. The molecule has 1 aliphatic heterocycles. The van der Waals surface area contributed by atoms with Gasteiger partial charge in [-0.2, -0.15) is 14.4 Å². The fraction of sp³-hybridized carbons (Fsp3) is 0.269. The van der Waals surface area contributed by atoms with E-state index in [0.29, 0.717) is 23.3 Å². The van der Waals surface area contributed by atoms with E-state index in [1.807, 2.05) is 13.8 Å². The summed E-state index contributed by atoms with van der Waals surface area (Å²) in [6, 6.07) is 12.0. The van der Waals surface area contributed by atoms with Crippen molar-refractivity contribution < 1.29 is 26.9 Å². The van der Waals surface area contributed by atoms with Gasteiger partial charge in [0.25, 0.3) is 5.91 Å². The van der Waals surface area contributed by atoms with Crippen molar-refractivity contribution in [3.05, 3.63) is 81.9 Å². The second kappa shape index (κ2) is 10.9. The van der Waals surface area contributed by atoms with Gasteiger partial charge < -0.3 is 4.42 Å². The van der Waals surface area contributed by atoms with Gasteiger partial charge >= 0.3 is 5.88 Å². The lowest BCUT2D eigenvalue weighted by molar-refractivity contribution is -0.402. The zero-order chi connectivity index (χ0) is 28.6. The summed E-state index contributed by atoms with van der Waals surface area (Å²) in [6.45, 7) is 4.90. The average molecular weight is 586 g/mol. The van der Waals surface area contributed by atoms with E-state index in [0.717, 1.165) is 35.0 Å². The number of furan rings is 1. The molecule has 2 aromatic carbocycles. The Bertz CT molecular complexity index is 1710. The number of nitrogens with zero attached hydrogens (tertiary/aromatic N) is 5. The summed E-state index contributed by atoms with van der Waals surface area (Å²) in [5.41, 5.74) is 0.557. The first kappa shape index (κ1) is 27.6. The Morgan fingerprint density at radius 2 is 1.88 bits per heavy atom. The molecular weight excluding hydrogens is 561 g/mol. The molecule has 4 aromatic rings. The van der Waals surface area contributed by atoms with E-state index in [1.165, 1.54) is 52.8 Å². The first-order chi connectivity index (χ1) is 19.0. The fourth-order valence-corrected chi connectivity index (χ4v) is 7.26. The molecule has 0 spiro atoms. The summed E-state index contributed by atoms with van der Waals surface area (Å²) < 4.78 is 47.3. The number of hydrogen-bond acceptors (Lipinski definition) is 9. The molecule has 1 amide bonds. The minimum atomic E-state index is -3.75. The fourth-order valence-electron chi connectivity index (χ4n) is 4.63. The Morgan fingerprint density at radius 3 is 2.52 bits per heavy atom. The number of piperidine rings is 1. The molecule has 3 heterocycles. The summed E-state index contributed by atoms with van der Waals surface area (Å²) in [7, 11) is -3.75. The number of anilines is 1. The van der Waals surface area contributed by atoms with Crippen LogP contribution in [-0.4, -0.2) is 47.8 Å². The van der Waals surface area contributed by atoms with Crippen LogP contribution in [0.15, 0.2) is 69.0 Å². The van der Waals surface area contributed by atoms with Gasteiger partial charge in [0.1, 0.15) is 10.7 Å². The third-order valence-electron chi connectivity index (χ3n) is 6.38. The molecule has 40 heavy (non-hydrogen) atoms. The highest BCUT2D eigenvalue weighted by atomic mass is 32.2. The van der Waals surface area contributed by atoms with Crippen LogP contribution in [0.25, 0.3) is 10.2 Å². The van der Waals surface area contributed by atoms with Crippen LogP contribution in [0, 0.1) is 27.8 Å². The third-order valence-corrected chi connectivity index (χ3v) is 9.22. The predicted octanol–water partition coefficient (Wildman–Crippen LogP) is 5.28. The molecule has 0 N–H and O–H groups in total. The molecule has 0 aliphatic carbocycles. The van der Waals surface area contributed by atoms with Gasteiger partial charge in [0.05, 0.1) is 27.4 Å². The number of amides is 1. The molecule has 1 aliphatic rings. The topological polar surface area (TPSA) is 139 Å². The summed E-state index contributed by atoms with van der Waals surface area (Å²) in [4.78, 5) is 28.3. The van der Waals surface area contributed by atoms with Crippen LogP contribution in [0.2, 0.25) is 0 Å². The molecule has 0 bridgehead atoms. The number of carbonyl (C=O) groups excluding carboxylic acids is 1. The molecule has 0 saturated carbocycles. The van der Waals surface area contributed by atoms with Crippen LogP contribution in [-0.2, 0) is 10.0 Å². The maximum Gasteiger partial charge on any atom is 0.433 e. The second-order valence-electron chi connectivity index (χ2n) is 9.70. The number of nitro groups is 1. The Kier molecular flexibility index (Phi) is 7.49. The van der Waals surface area contributed by atoms with Crippen molar-refractivity contribution in [1.82, 2.24) is 9.29 Å². The maximum atomic E-state index is 13.8. The highest BCUT2D eigenvalue weighted by molar-refractivity contribution is 7.89. The number of hydrazone groups is 1. The number of thiazole rings is 1. The number of carbonyl (C=O) groups is 1. The summed E-state index contributed by atoms with van der Waals surface area (Å²) >= 11 is 1.01. The molecule has 11 nitrogen and oxygen atoms in total. The molecule has 2 unspecified atom stereocenters. The molecule has 1 saturated heterocycles. The monoisotopic (exact) mass is 585 g/mol. The Morgan fingerprint density at radius 1 is 1.18 bits per heavy atom. The number of rotatable bonds is 7. The number of benzene rings is 2. The molecule has 14 heteroatoms. The van der Waals surface area contributed by atoms with E-state index in [9.17, 15) is 27.7 Å². The van der Waals surface area contributed by atoms with E-state index < -0.39 is 32.6 Å². The van der Waals surface area contributed by atoms with Crippen molar-refractivity contribution in [2.75, 3.05) is 18.1 Å². The van der Waals surface area contributed by atoms with Gasteiger partial charge in [-0.05, 0) is 66.8 Å². The highest BCUT2D eigenvalue weighted by Crippen LogP contribution is 2.31. The van der Waals surface area contributed by atoms with Crippen LogP contribution in [0.5, 0.6) is 0 Å². The van der Waals surface area contributed by atoms with Gasteiger partial charge in [0, 0.05) is 18.7 Å². The molecule has 2 atom stereocenters. The van der Waals surface area contributed by atoms with E-state index in [-0.39, 0.29) is 33.2 Å². The van der Waals surface area contributed by atoms with Gasteiger partial charge in [-0.25, -0.2) is 17.8 Å². The Balaban J connectivity index is 1.46. The molecule has 5 rings (SSSR count). The summed E-state index contributed by atoms with van der Waals surface area (Å²) in [6.07, 6.45) is 2.08. The van der Waals surface area contributed by atoms with Crippen LogP contribution >= 0.6 is 11.3 Å². The van der Waals surface area contributed by atoms with Crippen LogP contribution in [0.4, 0.5) is 15.4 Å². The SMILES string of the molecule is CC1CC(C)CN(S(=O)(=O)c2ccc(C(=O)N(/N=C/c3ccc([N+](=O)[O-])o3)c3nc4ccc(F)cc4s3)cc2)C1. The molecular formula is C26H24FN5O6S2. The van der Waals surface area contributed by atoms with Crippen molar-refractivity contribution in [2.24, 2.45) is 16.9 Å². The predicted molar refractivity (Wildman–Crippen MR) is 147 cm³/mol. The zero-order valence-corrected chi connectivity index (χ0v) is 23.1. The summed E-state index contributed by atoms with van der Waals surface area (Å²) in [5.74, 6) is -1.12. The Hall–Kier alpha value is -4.01. The number of fused-ring (bicyclic) bond motifs is 1. The smallest absolute Gasteiger partial charge is 0.400 e. The Labute approximate surface area is 232 Å². The molecule has 2 aromatic heterocycles. The number of hydrogen-bond donors (Lipinski definition) is 0. The molecule has 208 valence electrons. The van der Waals surface area contributed by atoms with Crippen molar-refractivity contribution in [1.29, 1.82) is 0 Å². The quantitative estimate of drug-likeness (QED) is 0.163. The van der Waals surface area contributed by atoms with Crippen molar-refractivity contribution in [3.8, 4) is 0 Å². The standard InChI is InChI=1S/C26H24FN5O6S2/c1-16-11-17(2)15-30(14-16)40(36,37)21-7-3-18(4-8-21)25(33)31(28-13-20-6-10-24(38-20)32(34)35)26-29-22-9-5-19(27)12-23(22)39-26/h3-10,12-13,16-17H,11,14-15H2,1-2H3/b28-13+. The molecule has 0 radical (unpaired) electrons. The normalized spacial score (nSPS) is 18.4. The van der Waals surface area contributed by atoms with E-state index in [1.54, 1.807) is 0 Å². The minimum Gasteiger partial charge on any atom is -0.400 e. The number of sulfonamides is 1. The van der Waals surface area contributed by atoms with Gasteiger partial charge in [-0.15, -0.1) is 0 Å². The third kappa shape index (κ3) is 5.64. The maximum absolute atomic E-state index is 13.8. The van der Waals surface area contributed by atoms with Crippen LogP contribution in [0.1, 0.15) is 36.4 Å². The summed E-state index contributed by atoms with van der Waals surface area (Å²) in [5, 5.41) is 16.2. The first-order valence-corrected chi connectivity index (χ1v) is 14.6. The van der Waals surface area contributed by atoms with Gasteiger partial charge in [-0.1, -0.05) is 25.2 Å². The number of aromatic nitrogens is 1. The van der Waals surface area contributed by atoms with Crippen LogP contribution in [0.3, 0.4) is 0 Å². The lowest BCUT2D eigenvalue weighted by Crippen LogP contribution is -2.42. The van der Waals surface area contributed by atoms with E-state index in [2.05, 4.69) is 10.1 Å². The van der Waals surface area contributed by atoms with Crippen LogP contribution < -0.4 is 5.01 Å². The van der Waals surface area contributed by atoms with E-state index >= 15 is 0 Å². The first-order valence-electron chi connectivity index (χ1n) is 12.3. The van der Waals surface area contributed by atoms with Crippen molar-refractivity contribution >= 4 is 54.7 Å². The zero-order valence-electron chi connectivity index (χ0n) is 21.4. The average Bonchev–Trinajstić information content (AvgIpc) is 3.55. The largest absolute Gasteiger partial charge is 0.433 e. The van der Waals surface area contributed by atoms with Gasteiger partial charge in [-0.3, -0.25) is 14.9 Å². The minimum absolute atomic E-state index is 0.0167. The highest BCUT2D eigenvalue weighted by Gasteiger charge is 2.32.